The number of carboxylic acids is 1. The predicted octanol–water partition coefficient (Wildman–Crippen LogP) is 6.17. The number of rotatable bonds is 9. The van der Waals surface area contributed by atoms with E-state index in [-0.39, 0.29) is 17.6 Å². The summed E-state index contributed by atoms with van der Waals surface area (Å²) < 4.78 is 6.31. The standard InChI is InChI=1S/C28H25ClN4O3S/c29-21-11-10-18(27(34)35)17-20(21)23-12-13-24(36-23)26-25(22-9-4-5-14-31-22)32-28(37)33(26)16-6-15-30-19-7-2-1-3-8-19/h1-5,7-14,17,25-26,30H,6,15-16H2,(H,32,37)(H,34,35). The number of carbonyl (C=O) groups is 1. The first kappa shape index (κ1) is 24.8. The van der Waals surface area contributed by atoms with Crippen molar-refractivity contribution in [1.82, 2.24) is 15.2 Å². The minimum absolute atomic E-state index is 0.139. The molecule has 1 aliphatic rings. The zero-order chi connectivity index (χ0) is 25.8. The number of hydrogen-bond acceptors (Lipinski definition) is 5. The molecule has 3 N–H and O–H groups in total. The van der Waals surface area contributed by atoms with Gasteiger partial charge in [-0.3, -0.25) is 4.98 Å². The fourth-order valence-corrected chi connectivity index (χ4v) is 5.04. The Hall–Kier alpha value is -3.88. The number of furan rings is 1. The van der Waals surface area contributed by atoms with Crippen LogP contribution in [0.1, 0.15) is 40.3 Å². The number of pyridine rings is 1. The van der Waals surface area contributed by atoms with Crippen LogP contribution in [0.15, 0.2) is 89.5 Å². The number of hydrogen-bond donors (Lipinski definition) is 3. The Morgan fingerprint density at radius 2 is 1.92 bits per heavy atom. The molecular formula is C28H25ClN4O3S. The first-order valence-electron chi connectivity index (χ1n) is 11.9. The molecular weight excluding hydrogens is 508 g/mol. The number of carboxylic acid groups (broad SMARTS) is 1. The lowest BCUT2D eigenvalue weighted by Gasteiger charge is -2.26. The highest BCUT2D eigenvalue weighted by atomic mass is 35.5. The van der Waals surface area contributed by atoms with Gasteiger partial charge in [-0.15, -0.1) is 0 Å². The lowest BCUT2D eigenvalue weighted by Crippen LogP contribution is -2.31. The maximum Gasteiger partial charge on any atom is 0.335 e. The zero-order valence-electron chi connectivity index (χ0n) is 19.8. The average Bonchev–Trinajstić information content (AvgIpc) is 3.52. The Labute approximate surface area is 225 Å². The van der Waals surface area contributed by atoms with E-state index in [9.17, 15) is 9.90 Å². The van der Waals surface area contributed by atoms with E-state index in [1.807, 2.05) is 60.7 Å². The van der Waals surface area contributed by atoms with Gasteiger partial charge >= 0.3 is 5.97 Å². The summed E-state index contributed by atoms with van der Waals surface area (Å²) in [7, 11) is 0. The van der Waals surface area contributed by atoms with Crippen molar-refractivity contribution < 1.29 is 14.3 Å². The van der Waals surface area contributed by atoms with Crippen molar-refractivity contribution >= 4 is 40.6 Å². The van der Waals surface area contributed by atoms with Gasteiger partial charge < -0.3 is 25.1 Å². The maximum atomic E-state index is 11.5. The smallest absolute Gasteiger partial charge is 0.335 e. The molecule has 9 heteroatoms. The fraction of sp³-hybridized carbons (Fsp3) is 0.179. The van der Waals surface area contributed by atoms with E-state index < -0.39 is 5.97 Å². The third-order valence-electron chi connectivity index (χ3n) is 6.27. The highest BCUT2D eigenvalue weighted by Crippen LogP contribution is 2.41. The van der Waals surface area contributed by atoms with Gasteiger partial charge in [-0.1, -0.05) is 35.9 Å². The quantitative estimate of drug-likeness (QED) is 0.174. The minimum Gasteiger partial charge on any atom is -0.478 e. The van der Waals surface area contributed by atoms with Gasteiger partial charge in [0.05, 0.1) is 22.3 Å². The van der Waals surface area contributed by atoms with Crippen LogP contribution < -0.4 is 10.6 Å². The molecule has 37 heavy (non-hydrogen) atoms. The normalized spacial score (nSPS) is 17.0. The topological polar surface area (TPSA) is 90.6 Å². The van der Waals surface area contributed by atoms with Crippen molar-refractivity contribution in [2.45, 2.75) is 18.5 Å². The summed E-state index contributed by atoms with van der Waals surface area (Å²) in [5.74, 6) is 0.151. The Balaban J connectivity index is 1.41. The number of benzene rings is 2. The van der Waals surface area contributed by atoms with Crippen molar-refractivity contribution in [3.05, 3.63) is 107 Å². The Bertz CT molecular complexity index is 1400. The third kappa shape index (κ3) is 5.45. The SMILES string of the molecule is O=C(O)c1ccc(Cl)c(-c2ccc(C3C(c4ccccn4)NC(=S)N3CCCNc3ccccc3)o2)c1. The zero-order valence-corrected chi connectivity index (χ0v) is 21.4. The van der Waals surface area contributed by atoms with Gasteiger partial charge in [0.15, 0.2) is 5.11 Å². The van der Waals surface area contributed by atoms with Crippen LogP contribution in [0, 0.1) is 0 Å². The number of nitrogens with zero attached hydrogens (tertiary/aromatic N) is 2. The first-order valence-corrected chi connectivity index (χ1v) is 12.7. The van der Waals surface area contributed by atoms with Gasteiger partial charge in [-0.2, -0.15) is 0 Å². The van der Waals surface area contributed by atoms with Crippen molar-refractivity contribution in [2.24, 2.45) is 0 Å². The van der Waals surface area contributed by atoms with Gasteiger partial charge in [0.1, 0.15) is 17.6 Å². The lowest BCUT2D eigenvalue weighted by atomic mass is 10.0. The van der Waals surface area contributed by atoms with Crippen molar-refractivity contribution in [2.75, 3.05) is 18.4 Å². The van der Waals surface area contributed by atoms with Gasteiger partial charge in [0.2, 0.25) is 0 Å². The summed E-state index contributed by atoms with van der Waals surface area (Å²) in [5, 5.41) is 17.3. The summed E-state index contributed by atoms with van der Waals surface area (Å²) in [6, 6.07) is 23.7. The van der Waals surface area contributed by atoms with Crippen LogP contribution in [0.3, 0.4) is 0 Å². The number of para-hydroxylation sites is 1. The largest absolute Gasteiger partial charge is 0.478 e. The lowest BCUT2D eigenvalue weighted by molar-refractivity contribution is 0.0697. The molecule has 4 aromatic rings. The van der Waals surface area contributed by atoms with E-state index in [0.29, 0.717) is 33.8 Å². The summed E-state index contributed by atoms with van der Waals surface area (Å²) in [6.07, 6.45) is 2.61. The van der Waals surface area contributed by atoms with E-state index in [0.717, 1.165) is 24.3 Å². The first-order chi connectivity index (χ1) is 18.0. The second-order valence-electron chi connectivity index (χ2n) is 8.67. The number of aromatic nitrogens is 1. The summed E-state index contributed by atoms with van der Waals surface area (Å²) in [4.78, 5) is 18.2. The van der Waals surface area contributed by atoms with Crippen LogP contribution in [-0.2, 0) is 0 Å². The number of anilines is 1. The molecule has 0 aliphatic carbocycles. The highest BCUT2D eigenvalue weighted by molar-refractivity contribution is 7.80. The van der Waals surface area contributed by atoms with Crippen LogP contribution in [-0.4, -0.2) is 39.2 Å². The Morgan fingerprint density at radius 3 is 2.68 bits per heavy atom. The fourth-order valence-electron chi connectivity index (χ4n) is 4.50. The van der Waals surface area contributed by atoms with Crippen LogP contribution in [0.2, 0.25) is 5.02 Å². The van der Waals surface area contributed by atoms with E-state index >= 15 is 0 Å². The molecule has 2 aromatic heterocycles. The van der Waals surface area contributed by atoms with E-state index in [2.05, 4.69) is 20.5 Å². The third-order valence-corrected chi connectivity index (χ3v) is 6.96. The van der Waals surface area contributed by atoms with Crippen LogP contribution in [0.5, 0.6) is 0 Å². The van der Waals surface area contributed by atoms with E-state index in [1.165, 1.54) is 12.1 Å². The minimum atomic E-state index is -1.03. The van der Waals surface area contributed by atoms with Gasteiger partial charge in [0.25, 0.3) is 0 Å². The Morgan fingerprint density at radius 1 is 1.11 bits per heavy atom. The second-order valence-corrected chi connectivity index (χ2v) is 9.46. The van der Waals surface area contributed by atoms with Crippen LogP contribution in [0.25, 0.3) is 11.3 Å². The monoisotopic (exact) mass is 532 g/mol. The van der Waals surface area contributed by atoms with Crippen molar-refractivity contribution in [3.8, 4) is 11.3 Å². The average molecular weight is 533 g/mol. The molecule has 0 amide bonds. The van der Waals surface area contributed by atoms with Crippen LogP contribution >= 0.6 is 23.8 Å². The Kier molecular flexibility index (Phi) is 7.39. The molecule has 1 fully saturated rings. The number of nitrogens with one attached hydrogen (secondary N) is 2. The maximum absolute atomic E-state index is 11.5. The van der Waals surface area contributed by atoms with Crippen LogP contribution in [0.4, 0.5) is 5.69 Å². The van der Waals surface area contributed by atoms with Crippen molar-refractivity contribution in [3.63, 3.8) is 0 Å². The molecule has 2 atom stereocenters. The summed E-state index contributed by atoms with van der Waals surface area (Å²) in [6.45, 7) is 1.48. The summed E-state index contributed by atoms with van der Waals surface area (Å²) >= 11 is 12.1. The number of thiocarbonyl (C=S) groups is 1. The molecule has 1 aliphatic heterocycles. The molecule has 0 radical (unpaired) electrons. The molecule has 7 nitrogen and oxygen atoms in total. The summed E-state index contributed by atoms with van der Waals surface area (Å²) in [5.41, 5.74) is 2.58. The molecule has 0 saturated carbocycles. The number of aromatic carboxylic acids is 1. The second kappa shape index (κ2) is 11.0. The molecule has 3 heterocycles. The molecule has 0 bridgehead atoms. The highest BCUT2D eigenvalue weighted by Gasteiger charge is 2.41. The molecule has 1 saturated heterocycles. The van der Waals surface area contributed by atoms with E-state index in [4.69, 9.17) is 28.2 Å². The van der Waals surface area contributed by atoms with Gasteiger partial charge in [-0.25, -0.2) is 4.79 Å². The van der Waals surface area contributed by atoms with Gasteiger partial charge in [-0.05, 0) is 73.2 Å². The predicted molar refractivity (Wildman–Crippen MR) is 148 cm³/mol. The van der Waals surface area contributed by atoms with Crippen molar-refractivity contribution in [1.29, 1.82) is 0 Å². The molecule has 188 valence electrons. The molecule has 2 unspecified atom stereocenters. The van der Waals surface area contributed by atoms with Gasteiger partial charge in [0, 0.05) is 30.5 Å². The molecule has 2 aromatic carbocycles. The molecule has 5 rings (SSSR count). The van der Waals surface area contributed by atoms with E-state index in [1.54, 1.807) is 12.3 Å². The number of halogens is 1. The molecule has 0 spiro atoms.